The van der Waals surface area contributed by atoms with Gasteiger partial charge in [-0.05, 0) is 45.7 Å². The van der Waals surface area contributed by atoms with Gasteiger partial charge in [0.1, 0.15) is 0 Å². The van der Waals surface area contributed by atoms with E-state index in [-0.39, 0.29) is 18.6 Å². The Morgan fingerprint density at radius 1 is 1.32 bits per heavy atom. The standard InChI is InChI=1S/C16H22N4O2/c1-11-6-8-14(9-7-11)20-13(3)15(18-19-20)16(22)17-12(2)5-4-10-21/h6-9,12,21H,4-5,10H2,1-3H3,(H,17,22). The molecule has 1 aromatic heterocycles. The minimum absolute atomic E-state index is 0.0106. The van der Waals surface area contributed by atoms with Crippen LogP contribution in [0.1, 0.15) is 41.5 Å². The summed E-state index contributed by atoms with van der Waals surface area (Å²) in [6, 6.07) is 7.87. The van der Waals surface area contributed by atoms with E-state index in [0.717, 1.165) is 17.7 Å². The fourth-order valence-corrected chi connectivity index (χ4v) is 2.23. The molecule has 22 heavy (non-hydrogen) atoms. The molecule has 0 fully saturated rings. The number of aliphatic hydroxyl groups excluding tert-OH is 1. The van der Waals surface area contributed by atoms with Crippen LogP contribution in [0.15, 0.2) is 24.3 Å². The summed E-state index contributed by atoms with van der Waals surface area (Å²) in [7, 11) is 0. The summed E-state index contributed by atoms with van der Waals surface area (Å²) in [6.45, 7) is 5.88. The van der Waals surface area contributed by atoms with E-state index < -0.39 is 0 Å². The van der Waals surface area contributed by atoms with E-state index >= 15 is 0 Å². The zero-order chi connectivity index (χ0) is 16.1. The van der Waals surface area contributed by atoms with Crippen molar-refractivity contribution in [2.24, 2.45) is 0 Å². The topological polar surface area (TPSA) is 80.0 Å². The maximum Gasteiger partial charge on any atom is 0.273 e. The lowest BCUT2D eigenvalue weighted by molar-refractivity contribution is 0.0930. The van der Waals surface area contributed by atoms with E-state index in [9.17, 15) is 4.79 Å². The molecule has 0 radical (unpaired) electrons. The molecule has 0 bridgehead atoms. The molecule has 1 atom stereocenters. The van der Waals surface area contributed by atoms with E-state index in [1.165, 1.54) is 0 Å². The third-order valence-electron chi connectivity index (χ3n) is 3.56. The minimum atomic E-state index is -0.235. The number of carbonyl (C=O) groups is 1. The second-order valence-corrected chi connectivity index (χ2v) is 5.51. The quantitative estimate of drug-likeness (QED) is 0.852. The molecule has 0 aliphatic rings. The number of hydrogen-bond donors (Lipinski definition) is 2. The Bertz CT molecular complexity index is 634. The van der Waals surface area contributed by atoms with Crippen LogP contribution in [-0.2, 0) is 0 Å². The maximum absolute atomic E-state index is 12.2. The maximum atomic E-state index is 12.2. The highest BCUT2D eigenvalue weighted by atomic mass is 16.3. The molecule has 118 valence electrons. The van der Waals surface area contributed by atoms with Gasteiger partial charge < -0.3 is 10.4 Å². The Balaban J connectivity index is 2.13. The summed E-state index contributed by atoms with van der Waals surface area (Å²) in [5.74, 6) is -0.235. The fourth-order valence-electron chi connectivity index (χ4n) is 2.23. The van der Waals surface area contributed by atoms with Crippen LogP contribution in [0, 0.1) is 13.8 Å². The summed E-state index contributed by atoms with van der Waals surface area (Å²) in [4.78, 5) is 12.2. The average molecular weight is 302 g/mol. The van der Waals surface area contributed by atoms with Crippen molar-refractivity contribution in [3.63, 3.8) is 0 Å². The number of aryl methyl sites for hydroxylation is 1. The summed E-state index contributed by atoms with van der Waals surface area (Å²) in [5.41, 5.74) is 3.08. The van der Waals surface area contributed by atoms with Gasteiger partial charge in [-0.2, -0.15) is 0 Å². The first-order valence-corrected chi connectivity index (χ1v) is 7.44. The third kappa shape index (κ3) is 3.71. The van der Waals surface area contributed by atoms with E-state index in [2.05, 4.69) is 15.6 Å². The van der Waals surface area contributed by atoms with Crippen molar-refractivity contribution in [2.75, 3.05) is 6.61 Å². The molecule has 2 aromatic rings. The van der Waals surface area contributed by atoms with E-state index in [4.69, 9.17) is 5.11 Å². The van der Waals surface area contributed by atoms with Crippen LogP contribution in [0.5, 0.6) is 0 Å². The molecular formula is C16H22N4O2. The fraction of sp³-hybridized carbons (Fsp3) is 0.438. The molecule has 0 spiro atoms. The molecule has 6 heteroatoms. The molecule has 0 aliphatic heterocycles. The molecular weight excluding hydrogens is 280 g/mol. The van der Waals surface area contributed by atoms with Crippen LogP contribution in [0.3, 0.4) is 0 Å². The molecule has 1 unspecified atom stereocenters. The Kier molecular flexibility index (Phi) is 5.27. The predicted octanol–water partition coefficient (Wildman–Crippen LogP) is 1.77. The Hall–Kier alpha value is -2.21. The molecule has 2 N–H and O–H groups in total. The summed E-state index contributed by atoms with van der Waals surface area (Å²) < 4.78 is 1.66. The Morgan fingerprint density at radius 3 is 2.64 bits per heavy atom. The largest absolute Gasteiger partial charge is 0.396 e. The number of carbonyl (C=O) groups excluding carboxylic acids is 1. The molecule has 1 amide bonds. The van der Waals surface area contributed by atoms with Crippen LogP contribution in [-0.4, -0.2) is 38.7 Å². The SMILES string of the molecule is Cc1ccc(-n2nnc(C(=O)NC(C)CCCO)c2C)cc1. The second-order valence-electron chi connectivity index (χ2n) is 5.51. The van der Waals surface area contributed by atoms with Crippen LogP contribution >= 0.6 is 0 Å². The molecule has 6 nitrogen and oxygen atoms in total. The van der Waals surface area contributed by atoms with Gasteiger partial charge in [0, 0.05) is 12.6 Å². The number of benzene rings is 1. The zero-order valence-electron chi connectivity index (χ0n) is 13.2. The highest BCUT2D eigenvalue weighted by Gasteiger charge is 2.18. The first-order chi connectivity index (χ1) is 10.5. The average Bonchev–Trinajstić information content (AvgIpc) is 2.88. The van der Waals surface area contributed by atoms with Crippen molar-refractivity contribution in [1.82, 2.24) is 20.3 Å². The lowest BCUT2D eigenvalue weighted by atomic mass is 10.2. The van der Waals surface area contributed by atoms with Crippen molar-refractivity contribution in [2.45, 2.75) is 39.7 Å². The first kappa shape index (κ1) is 16.2. The third-order valence-corrected chi connectivity index (χ3v) is 3.56. The second kappa shape index (κ2) is 7.17. The van der Waals surface area contributed by atoms with Gasteiger partial charge in [-0.3, -0.25) is 4.79 Å². The van der Waals surface area contributed by atoms with Crippen molar-refractivity contribution < 1.29 is 9.90 Å². The molecule has 0 saturated heterocycles. The molecule has 1 heterocycles. The monoisotopic (exact) mass is 302 g/mol. The van der Waals surface area contributed by atoms with Gasteiger partial charge >= 0.3 is 0 Å². The summed E-state index contributed by atoms with van der Waals surface area (Å²) >= 11 is 0. The van der Waals surface area contributed by atoms with Gasteiger partial charge in [0.25, 0.3) is 5.91 Å². The van der Waals surface area contributed by atoms with Gasteiger partial charge in [-0.15, -0.1) is 5.10 Å². The van der Waals surface area contributed by atoms with Crippen molar-refractivity contribution in [1.29, 1.82) is 0 Å². The number of aromatic nitrogens is 3. The Morgan fingerprint density at radius 2 is 2.00 bits per heavy atom. The number of rotatable bonds is 6. The van der Waals surface area contributed by atoms with E-state index in [0.29, 0.717) is 17.8 Å². The van der Waals surface area contributed by atoms with Crippen LogP contribution in [0.2, 0.25) is 0 Å². The molecule has 0 aliphatic carbocycles. The van der Waals surface area contributed by atoms with Crippen LogP contribution < -0.4 is 5.32 Å². The predicted molar refractivity (Wildman–Crippen MR) is 84.1 cm³/mol. The van der Waals surface area contributed by atoms with Crippen LogP contribution in [0.25, 0.3) is 5.69 Å². The van der Waals surface area contributed by atoms with Gasteiger partial charge in [0.2, 0.25) is 0 Å². The summed E-state index contributed by atoms with van der Waals surface area (Å²) in [6.07, 6.45) is 1.39. The number of hydrogen-bond acceptors (Lipinski definition) is 4. The van der Waals surface area contributed by atoms with Gasteiger partial charge in [0.05, 0.1) is 11.4 Å². The highest BCUT2D eigenvalue weighted by Crippen LogP contribution is 2.13. The molecule has 1 aromatic carbocycles. The number of amides is 1. The Labute approximate surface area is 130 Å². The van der Waals surface area contributed by atoms with Crippen molar-refractivity contribution in [3.8, 4) is 5.69 Å². The molecule has 2 rings (SSSR count). The lowest BCUT2D eigenvalue weighted by Crippen LogP contribution is -2.33. The lowest BCUT2D eigenvalue weighted by Gasteiger charge is -2.12. The van der Waals surface area contributed by atoms with E-state index in [1.54, 1.807) is 4.68 Å². The number of aliphatic hydroxyl groups is 1. The number of nitrogens with zero attached hydrogens (tertiary/aromatic N) is 3. The first-order valence-electron chi connectivity index (χ1n) is 7.44. The minimum Gasteiger partial charge on any atom is -0.396 e. The zero-order valence-corrected chi connectivity index (χ0v) is 13.2. The number of nitrogens with one attached hydrogen (secondary N) is 1. The molecule has 0 saturated carbocycles. The summed E-state index contributed by atoms with van der Waals surface area (Å²) in [5, 5.41) is 19.8. The van der Waals surface area contributed by atoms with Gasteiger partial charge in [-0.1, -0.05) is 22.9 Å². The van der Waals surface area contributed by atoms with Crippen molar-refractivity contribution in [3.05, 3.63) is 41.2 Å². The van der Waals surface area contributed by atoms with E-state index in [1.807, 2.05) is 45.0 Å². The van der Waals surface area contributed by atoms with Gasteiger partial charge in [-0.25, -0.2) is 4.68 Å². The highest BCUT2D eigenvalue weighted by molar-refractivity contribution is 5.93. The van der Waals surface area contributed by atoms with Crippen LogP contribution in [0.4, 0.5) is 0 Å². The smallest absolute Gasteiger partial charge is 0.273 e. The van der Waals surface area contributed by atoms with Crippen molar-refractivity contribution >= 4 is 5.91 Å². The van der Waals surface area contributed by atoms with Gasteiger partial charge in [0.15, 0.2) is 5.69 Å². The normalized spacial score (nSPS) is 12.2.